The van der Waals surface area contributed by atoms with Gasteiger partial charge < -0.3 is 14.2 Å². The zero-order valence-electron chi connectivity index (χ0n) is 43.8. The van der Waals surface area contributed by atoms with E-state index in [2.05, 4.69) is 27.7 Å². The summed E-state index contributed by atoms with van der Waals surface area (Å²) in [7, 11) is 0. The van der Waals surface area contributed by atoms with E-state index in [1.54, 1.807) is 0 Å². The second-order valence-electron chi connectivity index (χ2n) is 20.2. The van der Waals surface area contributed by atoms with Crippen molar-refractivity contribution in [3.8, 4) is 0 Å². The standard InChI is InChI=1S/C58H112O6/c1-5-8-10-12-14-16-18-20-22-24-25-27-29-31-33-39-43-47-51-58(61)64-55(53-63-57(60)50-46-42-38-35-34-36-40-44-48-54(4)7-3)52-62-56(59)49-45-41-37-32-30-28-26-23-21-19-17-15-13-11-9-6-2/h54-55H,5-53H2,1-4H3/t54?,55-/m0/s1. The number of hydrogen-bond donors (Lipinski definition) is 0. The number of carbonyl (C=O) groups is 3. The first-order valence-electron chi connectivity index (χ1n) is 28.9. The predicted molar refractivity (Wildman–Crippen MR) is 275 cm³/mol. The van der Waals surface area contributed by atoms with E-state index in [-0.39, 0.29) is 31.1 Å². The van der Waals surface area contributed by atoms with Gasteiger partial charge in [0, 0.05) is 19.3 Å². The fraction of sp³-hybridized carbons (Fsp3) is 0.948. The van der Waals surface area contributed by atoms with Gasteiger partial charge in [-0.1, -0.05) is 291 Å². The maximum Gasteiger partial charge on any atom is 0.306 e. The molecular formula is C58H112O6. The molecule has 0 rings (SSSR count). The molecule has 380 valence electrons. The summed E-state index contributed by atoms with van der Waals surface area (Å²) in [6.07, 6.45) is 56.6. The third kappa shape index (κ3) is 49.8. The zero-order chi connectivity index (χ0) is 46.7. The highest BCUT2D eigenvalue weighted by Gasteiger charge is 2.19. The molecule has 0 aromatic rings. The van der Waals surface area contributed by atoms with Crippen molar-refractivity contribution in [2.24, 2.45) is 5.92 Å². The van der Waals surface area contributed by atoms with Crippen LogP contribution in [0.2, 0.25) is 0 Å². The van der Waals surface area contributed by atoms with Crippen molar-refractivity contribution in [2.45, 2.75) is 336 Å². The molecule has 0 aliphatic carbocycles. The lowest BCUT2D eigenvalue weighted by Gasteiger charge is -2.18. The van der Waals surface area contributed by atoms with Gasteiger partial charge in [0.1, 0.15) is 13.2 Å². The van der Waals surface area contributed by atoms with E-state index in [0.717, 1.165) is 63.7 Å². The van der Waals surface area contributed by atoms with Crippen LogP contribution >= 0.6 is 0 Å². The highest BCUT2D eigenvalue weighted by Crippen LogP contribution is 2.18. The summed E-state index contributed by atoms with van der Waals surface area (Å²) >= 11 is 0. The minimum Gasteiger partial charge on any atom is -0.462 e. The Hall–Kier alpha value is -1.59. The van der Waals surface area contributed by atoms with Crippen LogP contribution in [0.3, 0.4) is 0 Å². The van der Waals surface area contributed by atoms with Crippen molar-refractivity contribution in [1.29, 1.82) is 0 Å². The van der Waals surface area contributed by atoms with Gasteiger partial charge in [0.05, 0.1) is 0 Å². The Balaban J connectivity index is 4.28. The number of carbonyl (C=O) groups excluding carboxylic acids is 3. The third-order valence-corrected chi connectivity index (χ3v) is 13.7. The molecule has 0 radical (unpaired) electrons. The summed E-state index contributed by atoms with van der Waals surface area (Å²) in [5.41, 5.74) is 0. The highest BCUT2D eigenvalue weighted by atomic mass is 16.6. The van der Waals surface area contributed by atoms with Gasteiger partial charge in [0.15, 0.2) is 6.10 Å². The zero-order valence-corrected chi connectivity index (χ0v) is 43.8. The first-order chi connectivity index (χ1) is 31.4. The fourth-order valence-corrected chi connectivity index (χ4v) is 8.89. The SMILES string of the molecule is CCCCCCCCCCCCCCCCCCCCC(=O)O[C@@H](COC(=O)CCCCCCCCCCCCCCCCCC)COC(=O)CCCCCCCCCCC(C)CC. The number of rotatable bonds is 53. The summed E-state index contributed by atoms with van der Waals surface area (Å²) in [6.45, 7) is 9.06. The van der Waals surface area contributed by atoms with Crippen molar-refractivity contribution in [1.82, 2.24) is 0 Å². The Morgan fingerprint density at radius 1 is 0.312 bits per heavy atom. The molecule has 0 aliphatic heterocycles. The lowest BCUT2D eigenvalue weighted by atomic mass is 9.99. The maximum absolute atomic E-state index is 12.8. The van der Waals surface area contributed by atoms with Gasteiger partial charge in [-0.2, -0.15) is 0 Å². The second kappa shape index (κ2) is 52.4. The summed E-state index contributed by atoms with van der Waals surface area (Å²) in [6, 6.07) is 0. The fourth-order valence-electron chi connectivity index (χ4n) is 8.89. The van der Waals surface area contributed by atoms with E-state index in [0.29, 0.717) is 19.3 Å². The molecule has 6 heteroatoms. The van der Waals surface area contributed by atoms with Gasteiger partial charge in [-0.3, -0.25) is 14.4 Å². The van der Waals surface area contributed by atoms with Crippen LogP contribution in [-0.4, -0.2) is 37.2 Å². The largest absolute Gasteiger partial charge is 0.462 e. The molecule has 64 heavy (non-hydrogen) atoms. The Morgan fingerprint density at radius 3 is 0.812 bits per heavy atom. The first-order valence-corrected chi connectivity index (χ1v) is 28.9. The van der Waals surface area contributed by atoms with Gasteiger partial charge in [-0.25, -0.2) is 0 Å². The number of esters is 3. The van der Waals surface area contributed by atoms with E-state index in [1.807, 2.05) is 0 Å². The molecule has 0 aliphatic rings. The molecule has 2 atom stereocenters. The maximum atomic E-state index is 12.8. The summed E-state index contributed by atoms with van der Waals surface area (Å²) in [5, 5.41) is 0. The Kier molecular flexibility index (Phi) is 51.1. The van der Waals surface area contributed by atoms with Crippen molar-refractivity contribution < 1.29 is 28.6 Å². The van der Waals surface area contributed by atoms with Crippen LogP contribution in [-0.2, 0) is 28.6 Å². The van der Waals surface area contributed by atoms with Crippen LogP contribution in [0.5, 0.6) is 0 Å². The molecular weight excluding hydrogens is 793 g/mol. The van der Waals surface area contributed by atoms with Gasteiger partial charge >= 0.3 is 17.9 Å². The van der Waals surface area contributed by atoms with Crippen molar-refractivity contribution in [2.75, 3.05) is 13.2 Å². The summed E-state index contributed by atoms with van der Waals surface area (Å²) < 4.78 is 16.9. The Labute approximate surface area is 399 Å². The molecule has 0 saturated heterocycles. The number of hydrogen-bond acceptors (Lipinski definition) is 6. The number of ether oxygens (including phenoxy) is 3. The van der Waals surface area contributed by atoms with Gasteiger partial charge in [-0.15, -0.1) is 0 Å². The lowest BCUT2D eigenvalue weighted by Crippen LogP contribution is -2.30. The molecule has 0 aromatic carbocycles. The van der Waals surface area contributed by atoms with E-state index < -0.39 is 6.10 Å². The lowest BCUT2D eigenvalue weighted by molar-refractivity contribution is -0.167. The molecule has 6 nitrogen and oxygen atoms in total. The third-order valence-electron chi connectivity index (χ3n) is 13.7. The number of unbranched alkanes of at least 4 members (excludes halogenated alkanes) is 39. The molecule has 0 N–H and O–H groups in total. The van der Waals surface area contributed by atoms with Crippen LogP contribution in [0.4, 0.5) is 0 Å². The average molecular weight is 906 g/mol. The Bertz CT molecular complexity index is 966. The minimum absolute atomic E-state index is 0.0623. The van der Waals surface area contributed by atoms with E-state index in [1.165, 1.54) is 225 Å². The normalized spacial score (nSPS) is 12.4. The van der Waals surface area contributed by atoms with E-state index in [9.17, 15) is 14.4 Å². The topological polar surface area (TPSA) is 78.9 Å². The van der Waals surface area contributed by atoms with Crippen molar-refractivity contribution >= 4 is 17.9 Å². The van der Waals surface area contributed by atoms with E-state index in [4.69, 9.17) is 14.2 Å². The molecule has 0 bridgehead atoms. The van der Waals surface area contributed by atoms with Crippen LogP contribution in [0, 0.1) is 5.92 Å². The Morgan fingerprint density at radius 2 is 0.547 bits per heavy atom. The first kappa shape index (κ1) is 62.4. The van der Waals surface area contributed by atoms with Gasteiger partial charge in [0.2, 0.25) is 0 Å². The molecule has 0 heterocycles. The van der Waals surface area contributed by atoms with Crippen LogP contribution < -0.4 is 0 Å². The highest BCUT2D eigenvalue weighted by molar-refractivity contribution is 5.71. The van der Waals surface area contributed by atoms with E-state index >= 15 is 0 Å². The quantitative estimate of drug-likeness (QED) is 0.0344. The van der Waals surface area contributed by atoms with Gasteiger partial charge in [-0.05, 0) is 25.2 Å². The van der Waals surface area contributed by atoms with Crippen molar-refractivity contribution in [3.05, 3.63) is 0 Å². The predicted octanol–water partition coefficient (Wildman–Crippen LogP) is 19.0. The van der Waals surface area contributed by atoms with Crippen molar-refractivity contribution in [3.63, 3.8) is 0 Å². The molecule has 0 spiro atoms. The summed E-state index contributed by atoms with van der Waals surface area (Å²) in [5.74, 6) is 0.0101. The minimum atomic E-state index is -0.762. The van der Waals surface area contributed by atoms with Crippen LogP contribution in [0.1, 0.15) is 329 Å². The molecule has 0 fully saturated rings. The molecule has 1 unspecified atom stereocenters. The molecule has 0 amide bonds. The van der Waals surface area contributed by atoms with Crippen LogP contribution in [0.15, 0.2) is 0 Å². The van der Waals surface area contributed by atoms with Crippen LogP contribution in [0.25, 0.3) is 0 Å². The smallest absolute Gasteiger partial charge is 0.306 e. The molecule has 0 saturated carbocycles. The average Bonchev–Trinajstić information content (AvgIpc) is 3.29. The van der Waals surface area contributed by atoms with Gasteiger partial charge in [0.25, 0.3) is 0 Å². The summed E-state index contributed by atoms with van der Waals surface area (Å²) in [4.78, 5) is 38.1. The monoisotopic (exact) mass is 905 g/mol. The molecule has 0 aromatic heterocycles. The second-order valence-corrected chi connectivity index (χ2v) is 20.2.